The van der Waals surface area contributed by atoms with Gasteiger partial charge in [-0.25, -0.2) is 0 Å². The summed E-state index contributed by atoms with van der Waals surface area (Å²) in [5.41, 5.74) is 5.08. The molecule has 0 bridgehead atoms. The third kappa shape index (κ3) is 3.63. The maximum atomic E-state index is 5.98. The van der Waals surface area contributed by atoms with E-state index in [9.17, 15) is 0 Å². The predicted octanol–water partition coefficient (Wildman–Crippen LogP) is 5.73. The van der Waals surface area contributed by atoms with Crippen molar-refractivity contribution in [1.82, 2.24) is 0 Å². The first-order chi connectivity index (χ1) is 8.97. The average molecular weight is 386 g/mol. The summed E-state index contributed by atoms with van der Waals surface area (Å²) in [5.74, 6) is 0. The molecule has 0 fully saturated rings. The Morgan fingerprint density at radius 1 is 1.11 bits per heavy atom. The molecule has 100 valence electrons. The number of hydrogen-bond acceptors (Lipinski definition) is 1. The standard InChI is InChI=1S/C16H17ClIN/c1-10-4-6-14(11(2)8-10)12(3)19-16-7-5-13(17)9-15(16)18/h4-9,12,19H,1-3H3. The minimum Gasteiger partial charge on any atom is -0.378 e. The number of nitrogens with one attached hydrogen (secondary N) is 1. The van der Waals surface area contributed by atoms with Gasteiger partial charge in [0, 0.05) is 20.3 Å². The zero-order chi connectivity index (χ0) is 14.0. The smallest absolute Gasteiger partial charge is 0.0488 e. The molecule has 1 atom stereocenters. The molecule has 3 heteroatoms. The number of anilines is 1. The van der Waals surface area contributed by atoms with Crippen molar-refractivity contribution in [3.63, 3.8) is 0 Å². The van der Waals surface area contributed by atoms with E-state index in [1.807, 2.05) is 18.2 Å². The van der Waals surface area contributed by atoms with E-state index in [1.54, 1.807) is 0 Å². The summed E-state index contributed by atoms with van der Waals surface area (Å²) < 4.78 is 1.14. The minimum atomic E-state index is 0.273. The highest BCUT2D eigenvalue weighted by molar-refractivity contribution is 14.1. The van der Waals surface area contributed by atoms with Gasteiger partial charge < -0.3 is 5.32 Å². The Morgan fingerprint density at radius 2 is 1.84 bits per heavy atom. The van der Waals surface area contributed by atoms with Crippen molar-refractivity contribution < 1.29 is 0 Å². The molecular weight excluding hydrogens is 369 g/mol. The molecule has 19 heavy (non-hydrogen) atoms. The Kier molecular flexibility index (Phi) is 4.74. The molecule has 0 aliphatic rings. The number of halogens is 2. The van der Waals surface area contributed by atoms with Gasteiger partial charge in [0.2, 0.25) is 0 Å². The van der Waals surface area contributed by atoms with Crippen molar-refractivity contribution in [1.29, 1.82) is 0 Å². The Bertz CT molecular complexity index is 595. The molecule has 0 amide bonds. The van der Waals surface area contributed by atoms with Crippen molar-refractivity contribution in [2.24, 2.45) is 0 Å². The minimum absolute atomic E-state index is 0.273. The maximum Gasteiger partial charge on any atom is 0.0488 e. The van der Waals surface area contributed by atoms with E-state index < -0.39 is 0 Å². The van der Waals surface area contributed by atoms with Crippen molar-refractivity contribution >= 4 is 39.9 Å². The van der Waals surface area contributed by atoms with Gasteiger partial charge in [-0.05, 0) is 72.7 Å². The fourth-order valence-corrected chi connectivity index (χ4v) is 3.26. The van der Waals surface area contributed by atoms with Crippen molar-refractivity contribution in [2.75, 3.05) is 5.32 Å². The fourth-order valence-electron chi connectivity index (χ4n) is 2.23. The van der Waals surface area contributed by atoms with Crippen molar-refractivity contribution in [2.45, 2.75) is 26.8 Å². The predicted molar refractivity (Wildman–Crippen MR) is 92.1 cm³/mol. The van der Waals surface area contributed by atoms with Gasteiger partial charge >= 0.3 is 0 Å². The van der Waals surface area contributed by atoms with Gasteiger partial charge in [0.15, 0.2) is 0 Å². The van der Waals surface area contributed by atoms with Crippen molar-refractivity contribution in [3.8, 4) is 0 Å². The second kappa shape index (κ2) is 6.14. The van der Waals surface area contributed by atoms with E-state index in [-0.39, 0.29) is 6.04 Å². The van der Waals surface area contributed by atoms with Crippen LogP contribution in [0.1, 0.15) is 29.7 Å². The molecule has 1 nitrogen and oxygen atoms in total. The molecule has 2 aromatic carbocycles. The first-order valence-corrected chi connectivity index (χ1v) is 7.72. The van der Waals surface area contributed by atoms with E-state index in [2.05, 4.69) is 66.9 Å². The molecule has 0 aliphatic carbocycles. The van der Waals surface area contributed by atoms with Gasteiger partial charge in [-0.1, -0.05) is 35.4 Å². The van der Waals surface area contributed by atoms with Crippen LogP contribution >= 0.6 is 34.2 Å². The summed E-state index contributed by atoms with van der Waals surface area (Å²) in [6.07, 6.45) is 0. The monoisotopic (exact) mass is 385 g/mol. The SMILES string of the molecule is Cc1ccc(C(C)Nc2ccc(Cl)cc2I)c(C)c1. The van der Waals surface area contributed by atoms with Crippen LogP contribution in [0.15, 0.2) is 36.4 Å². The van der Waals surface area contributed by atoms with Crippen LogP contribution in [0.25, 0.3) is 0 Å². The lowest BCUT2D eigenvalue weighted by molar-refractivity contribution is 0.872. The Hall–Kier alpha value is -0.740. The summed E-state index contributed by atoms with van der Waals surface area (Å²) in [7, 11) is 0. The molecule has 1 unspecified atom stereocenters. The third-order valence-electron chi connectivity index (χ3n) is 3.19. The zero-order valence-electron chi connectivity index (χ0n) is 11.3. The lowest BCUT2D eigenvalue weighted by Gasteiger charge is -2.19. The van der Waals surface area contributed by atoms with Crippen LogP contribution in [0.3, 0.4) is 0 Å². The van der Waals surface area contributed by atoms with Gasteiger partial charge in [-0.3, -0.25) is 0 Å². The van der Waals surface area contributed by atoms with Crippen LogP contribution in [0.2, 0.25) is 5.02 Å². The van der Waals surface area contributed by atoms with Crippen LogP contribution in [-0.4, -0.2) is 0 Å². The quantitative estimate of drug-likeness (QED) is 0.665. The van der Waals surface area contributed by atoms with E-state index in [4.69, 9.17) is 11.6 Å². The Balaban J connectivity index is 2.23. The number of rotatable bonds is 3. The second-order valence-electron chi connectivity index (χ2n) is 4.85. The summed E-state index contributed by atoms with van der Waals surface area (Å²) >= 11 is 8.29. The first kappa shape index (κ1) is 14.7. The van der Waals surface area contributed by atoms with Crippen LogP contribution in [0, 0.1) is 17.4 Å². The van der Waals surface area contributed by atoms with Crippen LogP contribution in [0.5, 0.6) is 0 Å². The number of hydrogen-bond donors (Lipinski definition) is 1. The second-order valence-corrected chi connectivity index (χ2v) is 6.45. The highest BCUT2D eigenvalue weighted by Gasteiger charge is 2.10. The average Bonchev–Trinajstić information content (AvgIpc) is 2.32. The third-order valence-corrected chi connectivity index (χ3v) is 4.32. The molecule has 0 spiro atoms. The van der Waals surface area contributed by atoms with Gasteiger partial charge in [0.1, 0.15) is 0 Å². The lowest BCUT2D eigenvalue weighted by atomic mass is 10.00. The Morgan fingerprint density at radius 3 is 2.47 bits per heavy atom. The molecule has 0 heterocycles. The molecule has 0 aliphatic heterocycles. The van der Waals surface area contributed by atoms with Crippen molar-refractivity contribution in [3.05, 3.63) is 61.7 Å². The normalized spacial score (nSPS) is 12.3. The van der Waals surface area contributed by atoms with E-state index in [0.29, 0.717) is 0 Å². The van der Waals surface area contributed by atoms with Crippen LogP contribution < -0.4 is 5.32 Å². The van der Waals surface area contributed by atoms with Crippen LogP contribution in [0.4, 0.5) is 5.69 Å². The molecule has 0 saturated carbocycles. The molecule has 2 aromatic rings. The van der Waals surface area contributed by atoms with E-state index >= 15 is 0 Å². The molecule has 2 rings (SSSR count). The van der Waals surface area contributed by atoms with Gasteiger partial charge in [-0.2, -0.15) is 0 Å². The van der Waals surface area contributed by atoms with E-state index in [0.717, 1.165) is 14.3 Å². The zero-order valence-corrected chi connectivity index (χ0v) is 14.2. The van der Waals surface area contributed by atoms with E-state index in [1.165, 1.54) is 16.7 Å². The highest BCUT2D eigenvalue weighted by Crippen LogP contribution is 2.27. The largest absolute Gasteiger partial charge is 0.378 e. The molecule has 0 aromatic heterocycles. The lowest BCUT2D eigenvalue weighted by Crippen LogP contribution is -2.09. The maximum absolute atomic E-state index is 5.98. The molecular formula is C16H17ClIN. The number of aryl methyl sites for hydroxylation is 2. The number of benzene rings is 2. The van der Waals surface area contributed by atoms with Crippen LogP contribution in [-0.2, 0) is 0 Å². The fraction of sp³-hybridized carbons (Fsp3) is 0.250. The highest BCUT2D eigenvalue weighted by atomic mass is 127. The van der Waals surface area contributed by atoms with Gasteiger partial charge in [0.05, 0.1) is 0 Å². The molecule has 0 radical (unpaired) electrons. The summed E-state index contributed by atoms with van der Waals surface area (Å²) in [4.78, 5) is 0. The summed E-state index contributed by atoms with van der Waals surface area (Å²) in [6.45, 7) is 6.46. The molecule has 0 saturated heterocycles. The summed E-state index contributed by atoms with van der Waals surface area (Å²) in [6, 6.07) is 12.8. The topological polar surface area (TPSA) is 12.0 Å². The summed E-state index contributed by atoms with van der Waals surface area (Å²) in [5, 5.41) is 4.32. The van der Waals surface area contributed by atoms with Gasteiger partial charge in [0.25, 0.3) is 0 Å². The first-order valence-electron chi connectivity index (χ1n) is 6.26. The molecule has 1 N–H and O–H groups in total. The van der Waals surface area contributed by atoms with Gasteiger partial charge in [-0.15, -0.1) is 0 Å². The Labute approximate surface area is 133 Å².